The van der Waals surface area contributed by atoms with E-state index in [2.05, 4.69) is 64.4 Å². The Bertz CT molecular complexity index is 687. The van der Waals surface area contributed by atoms with E-state index in [9.17, 15) is 0 Å². The third-order valence-corrected chi connectivity index (χ3v) is 6.16. The maximum absolute atomic E-state index is 6.10. The van der Waals surface area contributed by atoms with E-state index in [0.717, 1.165) is 37.3 Å². The molecule has 31 heavy (non-hydrogen) atoms. The molecule has 0 aromatic heterocycles. The zero-order chi connectivity index (χ0) is 21.3. The highest BCUT2D eigenvalue weighted by Gasteiger charge is 2.22. The van der Waals surface area contributed by atoms with Crippen LogP contribution in [0.15, 0.2) is 23.2 Å². The molecule has 1 atom stereocenters. The number of nitrogens with one attached hydrogen (secondary N) is 2. The van der Waals surface area contributed by atoms with E-state index in [1.165, 1.54) is 56.7 Å². The molecule has 1 heterocycles. The molecular weight excluding hydrogens is 501 g/mol. The molecule has 3 rings (SSSR count). The molecule has 0 bridgehead atoms. The first-order chi connectivity index (χ1) is 14.6. The second-order valence-corrected chi connectivity index (χ2v) is 9.01. The van der Waals surface area contributed by atoms with Gasteiger partial charge in [-0.2, -0.15) is 0 Å². The lowest BCUT2D eigenvalue weighted by atomic mass is 10.1. The summed E-state index contributed by atoms with van der Waals surface area (Å²) < 4.78 is 6.10. The Morgan fingerprint density at radius 3 is 2.52 bits per heavy atom. The summed E-state index contributed by atoms with van der Waals surface area (Å²) in [5.41, 5.74) is 2.42. The number of rotatable bonds is 10. The average Bonchev–Trinajstić information content (AvgIpc) is 3.58. The predicted molar refractivity (Wildman–Crippen MR) is 141 cm³/mol. The van der Waals surface area contributed by atoms with Crippen molar-refractivity contribution in [3.05, 3.63) is 29.3 Å². The highest BCUT2D eigenvalue weighted by molar-refractivity contribution is 14.0. The fourth-order valence-electron chi connectivity index (χ4n) is 3.90. The molecule has 0 radical (unpaired) electrons. The van der Waals surface area contributed by atoms with Gasteiger partial charge in [-0.1, -0.05) is 26.0 Å². The van der Waals surface area contributed by atoms with Crippen LogP contribution in [0, 0.1) is 18.8 Å². The lowest BCUT2D eigenvalue weighted by Gasteiger charge is -2.35. The zero-order valence-corrected chi connectivity index (χ0v) is 22.2. The van der Waals surface area contributed by atoms with Gasteiger partial charge in [-0.05, 0) is 49.8 Å². The van der Waals surface area contributed by atoms with Crippen molar-refractivity contribution in [1.82, 2.24) is 20.4 Å². The molecule has 2 aliphatic rings. The fourth-order valence-corrected chi connectivity index (χ4v) is 3.90. The number of guanidine groups is 1. The number of ether oxygens (including phenoxy) is 1. The van der Waals surface area contributed by atoms with Crippen LogP contribution in [0.2, 0.25) is 0 Å². The van der Waals surface area contributed by atoms with E-state index >= 15 is 0 Å². The van der Waals surface area contributed by atoms with Crippen molar-refractivity contribution < 1.29 is 4.74 Å². The first kappa shape index (κ1) is 26.2. The van der Waals surface area contributed by atoms with Crippen LogP contribution in [0.4, 0.5) is 0 Å². The molecule has 1 aromatic rings. The summed E-state index contributed by atoms with van der Waals surface area (Å²) in [5.74, 6) is 3.19. The van der Waals surface area contributed by atoms with E-state index in [1.807, 2.05) is 7.05 Å². The Labute approximate surface area is 206 Å². The smallest absolute Gasteiger partial charge is 0.191 e. The molecule has 0 spiro atoms. The van der Waals surface area contributed by atoms with Gasteiger partial charge in [0.1, 0.15) is 5.75 Å². The minimum Gasteiger partial charge on any atom is -0.493 e. The highest BCUT2D eigenvalue weighted by atomic mass is 127. The Morgan fingerprint density at radius 1 is 1.16 bits per heavy atom. The average molecular weight is 544 g/mol. The van der Waals surface area contributed by atoms with E-state index < -0.39 is 0 Å². The number of aryl methyl sites for hydroxylation is 1. The van der Waals surface area contributed by atoms with Gasteiger partial charge in [-0.25, -0.2) is 0 Å². The lowest BCUT2D eigenvalue weighted by Crippen LogP contribution is -2.48. The first-order valence-corrected chi connectivity index (χ1v) is 11.7. The number of halogens is 1. The number of hydrogen-bond donors (Lipinski definition) is 2. The van der Waals surface area contributed by atoms with E-state index in [1.54, 1.807) is 0 Å². The normalized spacial score (nSPS) is 18.9. The quantitative estimate of drug-likeness (QED) is 0.270. The van der Waals surface area contributed by atoms with Crippen LogP contribution < -0.4 is 15.4 Å². The third-order valence-electron chi connectivity index (χ3n) is 6.16. The van der Waals surface area contributed by atoms with Crippen molar-refractivity contribution in [2.75, 3.05) is 59.5 Å². The van der Waals surface area contributed by atoms with Gasteiger partial charge in [0.15, 0.2) is 5.96 Å². The maximum Gasteiger partial charge on any atom is 0.191 e. The molecule has 7 heteroatoms. The molecule has 2 fully saturated rings. The largest absolute Gasteiger partial charge is 0.493 e. The minimum atomic E-state index is 0. The van der Waals surface area contributed by atoms with Crippen molar-refractivity contribution in [3.8, 4) is 5.75 Å². The summed E-state index contributed by atoms with van der Waals surface area (Å²) >= 11 is 0. The molecule has 1 saturated carbocycles. The van der Waals surface area contributed by atoms with Crippen LogP contribution in [0.3, 0.4) is 0 Å². The summed E-state index contributed by atoms with van der Waals surface area (Å²) in [4.78, 5) is 9.52. The fraction of sp³-hybridized carbons (Fsp3) is 0.708. The van der Waals surface area contributed by atoms with Crippen LogP contribution >= 0.6 is 24.0 Å². The summed E-state index contributed by atoms with van der Waals surface area (Å²) in [6, 6.07) is 6.46. The van der Waals surface area contributed by atoms with Gasteiger partial charge < -0.3 is 25.2 Å². The monoisotopic (exact) mass is 543 g/mol. The number of likely N-dealkylation sites (N-methyl/N-ethyl adjacent to an activating group) is 1. The molecule has 1 saturated heterocycles. The molecule has 1 aliphatic carbocycles. The molecular formula is C24H42IN5O. The van der Waals surface area contributed by atoms with Gasteiger partial charge >= 0.3 is 0 Å². The second kappa shape index (κ2) is 13.5. The Kier molecular flexibility index (Phi) is 11.4. The maximum atomic E-state index is 6.10. The zero-order valence-electron chi connectivity index (χ0n) is 19.8. The number of nitrogens with zero attached hydrogens (tertiary/aromatic N) is 3. The predicted octanol–water partition coefficient (Wildman–Crippen LogP) is 3.34. The molecule has 1 unspecified atom stereocenters. The summed E-state index contributed by atoms with van der Waals surface area (Å²) in [6.07, 6.45) is 2.62. The van der Waals surface area contributed by atoms with E-state index in [-0.39, 0.29) is 24.0 Å². The Balaban J connectivity index is 0.00000341. The van der Waals surface area contributed by atoms with Crippen molar-refractivity contribution in [2.24, 2.45) is 16.8 Å². The summed E-state index contributed by atoms with van der Waals surface area (Å²) in [5, 5.41) is 6.96. The number of aliphatic imine (C=N–C) groups is 1. The highest BCUT2D eigenvalue weighted by Crippen LogP contribution is 2.30. The minimum absolute atomic E-state index is 0. The topological polar surface area (TPSA) is 52.1 Å². The van der Waals surface area contributed by atoms with Gasteiger partial charge in [0, 0.05) is 58.4 Å². The second-order valence-electron chi connectivity index (χ2n) is 9.01. The van der Waals surface area contributed by atoms with Gasteiger partial charge in [0.25, 0.3) is 0 Å². The lowest BCUT2D eigenvalue weighted by molar-refractivity contribution is 0.124. The van der Waals surface area contributed by atoms with Gasteiger partial charge in [-0.3, -0.25) is 4.99 Å². The van der Waals surface area contributed by atoms with Crippen LogP contribution in [0.25, 0.3) is 0 Å². The standard InChI is InChI=1S/C24H41N5O.HI/c1-5-28-10-12-29(13-11-28)17-20(3)15-26-24(25-4)27-16-22-9-6-19(2)14-23(22)30-18-21-7-8-21;/h6,9,14,20-21H,5,7-8,10-13,15-18H2,1-4H3,(H2,25,26,27);1H. The SMILES string of the molecule is CCN1CCN(CC(C)CNC(=NC)NCc2ccc(C)cc2OCC2CC2)CC1.I. The molecule has 6 nitrogen and oxygen atoms in total. The third kappa shape index (κ3) is 9.14. The van der Waals surface area contributed by atoms with E-state index in [0.29, 0.717) is 12.5 Å². The summed E-state index contributed by atoms with van der Waals surface area (Å²) in [6.45, 7) is 16.2. The number of benzene rings is 1. The summed E-state index contributed by atoms with van der Waals surface area (Å²) in [7, 11) is 1.84. The first-order valence-electron chi connectivity index (χ1n) is 11.7. The van der Waals surface area contributed by atoms with Crippen molar-refractivity contribution in [1.29, 1.82) is 0 Å². The Morgan fingerprint density at radius 2 is 1.87 bits per heavy atom. The molecule has 1 aliphatic heterocycles. The number of piperazine rings is 1. The molecule has 176 valence electrons. The van der Waals surface area contributed by atoms with Crippen molar-refractivity contribution in [2.45, 2.75) is 40.2 Å². The van der Waals surface area contributed by atoms with Crippen LogP contribution in [0.5, 0.6) is 5.75 Å². The van der Waals surface area contributed by atoms with Crippen LogP contribution in [-0.4, -0.2) is 75.2 Å². The molecule has 2 N–H and O–H groups in total. The van der Waals surface area contributed by atoms with Gasteiger partial charge in [0.05, 0.1) is 6.61 Å². The molecule has 1 aromatic carbocycles. The number of hydrogen-bond acceptors (Lipinski definition) is 4. The van der Waals surface area contributed by atoms with Crippen LogP contribution in [0.1, 0.15) is 37.8 Å². The van der Waals surface area contributed by atoms with Gasteiger partial charge in [0.2, 0.25) is 0 Å². The Hall–Kier alpha value is -1.06. The van der Waals surface area contributed by atoms with Crippen LogP contribution in [-0.2, 0) is 6.54 Å². The van der Waals surface area contributed by atoms with E-state index in [4.69, 9.17) is 4.74 Å². The van der Waals surface area contributed by atoms with Crippen molar-refractivity contribution in [3.63, 3.8) is 0 Å². The molecule has 0 amide bonds. The van der Waals surface area contributed by atoms with Gasteiger partial charge in [-0.15, -0.1) is 24.0 Å². The van der Waals surface area contributed by atoms with Crippen molar-refractivity contribution >= 4 is 29.9 Å².